The first-order valence-corrected chi connectivity index (χ1v) is 3.90. The highest BCUT2D eigenvalue weighted by atomic mass is 16.5. The van der Waals surface area contributed by atoms with Crippen LogP contribution in [0, 0.1) is 0 Å². The SMILES string of the molecule is CC1C=C2C(O)=CN(C)C=C2O1. The fraction of sp³-hybridized carbons (Fsp3) is 0.333. The quantitative estimate of drug-likeness (QED) is 0.590. The van der Waals surface area contributed by atoms with Crippen LogP contribution in [0.5, 0.6) is 0 Å². The standard InChI is InChI=1S/C9H11NO2/c1-6-3-7-8(11)4-10(2)5-9(7)12-6/h3-6,11H,1-2H3. The lowest BCUT2D eigenvalue weighted by Crippen LogP contribution is -2.11. The Morgan fingerprint density at radius 3 is 3.00 bits per heavy atom. The van der Waals surface area contributed by atoms with Crippen molar-refractivity contribution in [2.75, 3.05) is 7.05 Å². The number of aliphatic hydroxyl groups is 1. The van der Waals surface area contributed by atoms with E-state index in [4.69, 9.17) is 4.74 Å². The lowest BCUT2D eigenvalue weighted by atomic mass is 10.1. The third kappa shape index (κ3) is 0.978. The first-order chi connectivity index (χ1) is 5.66. The van der Waals surface area contributed by atoms with Crippen LogP contribution in [0.3, 0.4) is 0 Å². The van der Waals surface area contributed by atoms with Crippen LogP contribution < -0.4 is 0 Å². The highest BCUT2D eigenvalue weighted by Gasteiger charge is 2.24. The van der Waals surface area contributed by atoms with Crippen LogP contribution in [0.1, 0.15) is 6.92 Å². The molecule has 64 valence electrons. The predicted molar refractivity (Wildman–Crippen MR) is 45.2 cm³/mol. The Morgan fingerprint density at radius 2 is 2.25 bits per heavy atom. The Labute approximate surface area is 71.2 Å². The summed E-state index contributed by atoms with van der Waals surface area (Å²) in [5.41, 5.74) is 0.806. The zero-order valence-electron chi connectivity index (χ0n) is 7.11. The molecular weight excluding hydrogens is 154 g/mol. The maximum absolute atomic E-state index is 9.50. The van der Waals surface area contributed by atoms with Gasteiger partial charge in [0.15, 0.2) is 0 Å². The van der Waals surface area contributed by atoms with E-state index in [0.29, 0.717) is 0 Å². The summed E-state index contributed by atoms with van der Waals surface area (Å²) in [6.07, 6.45) is 5.49. The minimum atomic E-state index is 0.0632. The Morgan fingerprint density at radius 1 is 1.50 bits per heavy atom. The molecule has 2 aliphatic heterocycles. The first kappa shape index (κ1) is 7.28. The molecule has 1 atom stereocenters. The minimum absolute atomic E-state index is 0.0632. The molecule has 0 saturated carbocycles. The molecule has 12 heavy (non-hydrogen) atoms. The molecule has 0 amide bonds. The summed E-state index contributed by atoms with van der Waals surface area (Å²) in [7, 11) is 1.85. The van der Waals surface area contributed by atoms with Gasteiger partial charge in [-0.05, 0) is 13.0 Å². The summed E-state index contributed by atoms with van der Waals surface area (Å²) in [5, 5.41) is 9.50. The summed E-state index contributed by atoms with van der Waals surface area (Å²) >= 11 is 0. The fourth-order valence-corrected chi connectivity index (χ4v) is 1.41. The molecule has 0 saturated heterocycles. The molecule has 3 heteroatoms. The van der Waals surface area contributed by atoms with E-state index < -0.39 is 0 Å². The van der Waals surface area contributed by atoms with Crippen LogP contribution in [-0.4, -0.2) is 23.2 Å². The zero-order valence-corrected chi connectivity index (χ0v) is 7.11. The largest absolute Gasteiger partial charge is 0.506 e. The second-order valence-corrected chi connectivity index (χ2v) is 3.08. The molecule has 2 rings (SSSR count). The van der Waals surface area contributed by atoms with Crippen LogP contribution in [0.25, 0.3) is 0 Å². The third-order valence-corrected chi connectivity index (χ3v) is 1.90. The van der Waals surface area contributed by atoms with Crippen LogP contribution in [0.4, 0.5) is 0 Å². The van der Waals surface area contributed by atoms with Gasteiger partial charge in [0.2, 0.25) is 0 Å². The second kappa shape index (κ2) is 2.30. The molecular formula is C9H11NO2. The van der Waals surface area contributed by atoms with Gasteiger partial charge in [0, 0.05) is 19.4 Å². The van der Waals surface area contributed by atoms with E-state index in [0.717, 1.165) is 11.3 Å². The molecule has 1 N–H and O–H groups in total. The molecule has 0 radical (unpaired) electrons. The molecule has 1 unspecified atom stereocenters. The molecule has 3 nitrogen and oxygen atoms in total. The Balaban J connectivity index is 2.39. The van der Waals surface area contributed by atoms with E-state index in [2.05, 4.69) is 0 Å². The van der Waals surface area contributed by atoms with Gasteiger partial charge in [-0.3, -0.25) is 0 Å². The maximum Gasteiger partial charge on any atom is 0.147 e. The van der Waals surface area contributed by atoms with Crippen molar-refractivity contribution in [3.05, 3.63) is 35.6 Å². The Kier molecular flexibility index (Phi) is 1.40. The van der Waals surface area contributed by atoms with Crippen molar-refractivity contribution in [3.63, 3.8) is 0 Å². The molecule has 2 aliphatic rings. The van der Waals surface area contributed by atoms with E-state index in [-0.39, 0.29) is 11.9 Å². The maximum atomic E-state index is 9.50. The summed E-state index contributed by atoms with van der Waals surface area (Å²) in [4.78, 5) is 1.78. The number of nitrogens with zero attached hydrogens (tertiary/aromatic N) is 1. The van der Waals surface area contributed by atoms with Crippen molar-refractivity contribution in [1.29, 1.82) is 0 Å². The molecule has 0 aromatic rings. The molecule has 0 aliphatic carbocycles. The lowest BCUT2D eigenvalue weighted by Gasteiger charge is -2.17. The van der Waals surface area contributed by atoms with E-state index >= 15 is 0 Å². The number of hydrogen-bond acceptors (Lipinski definition) is 3. The Hall–Kier alpha value is -1.38. The minimum Gasteiger partial charge on any atom is -0.506 e. The normalized spacial score (nSPS) is 27.0. The van der Waals surface area contributed by atoms with Crippen molar-refractivity contribution in [1.82, 2.24) is 4.90 Å². The molecule has 0 bridgehead atoms. The average Bonchev–Trinajstić information content (AvgIpc) is 2.29. The van der Waals surface area contributed by atoms with Crippen LogP contribution in [0.15, 0.2) is 35.6 Å². The van der Waals surface area contributed by atoms with Gasteiger partial charge in [-0.2, -0.15) is 0 Å². The van der Waals surface area contributed by atoms with Crippen LogP contribution >= 0.6 is 0 Å². The molecule has 2 heterocycles. The van der Waals surface area contributed by atoms with Crippen LogP contribution in [-0.2, 0) is 4.74 Å². The van der Waals surface area contributed by atoms with E-state index in [1.807, 2.05) is 26.2 Å². The van der Waals surface area contributed by atoms with Gasteiger partial charge in [0.25, 0.3) is 0 Å². The summed E-state index contributed by atoms with van der Waals surface area (Å²) < 4.78 is 5.43. The molecule has 0 aromatic carbocycles. The predicted octanol–water partition coefficient (Wildman–Crippen LogP) is 1.52. The van der Waals surface area contributed by atoms with E-state index in [1.54, 1.807) is 11.1 Å². The third-order valence-electron chi connectivity index (χ3n) is 1.90. The van der Waals surface area contributed by atoms with Gasteiger partial charge in [0.1, 0.15) is 17.6 Å². The molecule has 0 spiro atoms. The summed E-state index contributed by atoms with van der Waals surface area (Å²) in [6, 6.07) is 0. The van der Waals surface area contributed by atoms with Crippen molar-refractivity contribution in [2.45, 2.75) is 13.0 Å². The molecule has 0 fully saturated rings. The van der Waals surface area contributed by atoms with E-state index in [9.17, 15) is 5.11 Å². The van der Waals surface area contributed by atoms with Gasteiger partial charge >= 0.3 is 0 Å². The monoisotopic (exact) mass is 165 g/mol. The number of ether oxygens (including phenoxy) is 1. The second-order valence-electron chi connectivity index (χ2n) is 3.08. The number of rotatable bonds is 0. The number of aliphatic hydroxyl groups excluding tert-OH is 1. The highest BCUT2D eigenvalue weighted by molar-refractivity contribution is 5.46. The molecule has 0 aromatic heterocycles. The number of hydrogen-bond donors (Lipinski definition) is 1. The lowest BCUT2D eigenvalue weighted by molar-refractivity contribution is 0.189. The van der Waals surface area contributed by atoms with Crippen molar-refractivity contribution in [2.24, 2.45) is 0 Å². The van der Waals surface area contributed by atoms with Crippen LogP contribution in [0.2, 0.25) is 0 Å². The number of fused-ring (bicyclic) bond motifs is 1. The van der Waals surface area contributed by atoms with Gasteiger partial charge in [-0.25, -0.2) is 0 Å². The topological polar surface area (TPSA) is 32.7 Å². The first-order valence-electron chi connectivity index (χ1n) is 3.90. The summed E-state index contributed by atoms with van der Waals surface area (Å²) in [6.45, 7) is 1.94. The van der Waals surface area contributed by atoms with Crippen molar-refractivity contribution < 1.29 is 9.84 Å². The summed E-state index contributed by atoms with van der Waals surface area (Å²) in [5.74, 6) is 1.03. The zero-order chi connectivity index (χ0) is 8.72. The highest BCUT2D eigenvalue weighted by Crippen LogP contribution is 2.31. The van der Waals surface area contributed by atoms with Crippen molar-refractivity contribution in [3.8, 4) is 0 Å². The van der Waals surface area contributed by atoms with Gasteiger partial charge in [-0.1, -0.05) is 0 Å². The van der Waals surface area contributed by atoms with E-state index in [1.165, 1.54) is 0 Å². The van der Waals surface area contributed by atoms with Crippen molar-refractivity contribution >= 4 is 0 Å². The van der Waals surface area contributed by atoms with Gasteiger partial charge < -0.3 is 14.7 Å². The van der Waals surface area contributed by atoms with Gasteiger partial charge in [0.05, 0.1) is 5.57 Å². The van der Waals surface area contributed by atoms with Gasteiger partial charge in [-0.15, -0.1) is 0 Å². The average molecular weight is 165 g/mol. The smallest absolute Gasteiger partial charge is 0.147 e. The fourth-order valence-electron chi connectivity index (χ4n) is 1.41. The Bertz CT molecular complexity index is 302.